The Morgan fingerprint density at radius 2 is 1.81 bits per heavy atom. The van der Waals surface area contributed by atoms with E-state index in [0.717, 1.165) is 0 Å². The molecular weight excluding hydrogens is 347 g/mol. The van der Waals surface area contributed by atoms with Gasteiger partial charge in [0.2, 0.25) is 0 Å². The molecule has 0 bridgehead atoms. The average Bonchev–Trinajstić information content (AvgIpc) is 3.16. The number of nitrogens with one attached hydrogen (secondary N) is 1. The van der Waals surface area contributed by atoms with Crippen LogP contribution in [0.15, 0.2) is 60.9 Å². The second kappa shape index (κ2) is 8.44. The minimum absolute atomic E-state index is 0.119. The maximum absolute atomic E-state index is 13.0. The second-order valence-corrected chi connectivity index (χ2v) is 6.49. The zero-order valence-corrected chi connectivity index (χ0v) is 15.2. The van der Waals surface area contributed by atoms with Gasteiger partial charge in [-0.2, -0.15) is 15.0 Å². The van der Waals surface area contributed by atoms with E-state index in [1.54, 1.807) is 41.5 Å². The molecule has 3 rings (SSSR count). The second-order valence-electron chi connectivity index (χ2n) is 6.49. The number of carbonyl (C=O) groups excluding carboxylic acids is 1. The molecule has 0 aliphatic carbocycles. The molecule has 1 N–H and O–H groups in total. The van der Waals surface area contributed by atoms with Crippen molar-refractivity contribution in [1.29, 1.82) is 0 Å². The van der Waals surface area contributed by atoms with Crippen molar-refractivity contribution in [3.63, 3.8) is 0 Å². The van der Waals surface area contributed by atoms with E-state index in [1.807, 2.05) is 13.8 Å². The van der Waals surface area contributed by atoms with Gasteiger partial charge in [0.25, 0.3) is 5.91 Å². The van der Waals surface area contributed by atoms with E-state index >= 15 is 0 Å². The fourth-order valence-corrected chi connectivity index (χ4v) is 2.53. The molecule has 0 aliphatic heterocycles. The van der Waals surface area contributed by atoms with Crippen LogP contribution in [0.2, 0.25) is 0 Å². The molecule has 1 atom stereocenters. The lowest BCUT2D eigenvalue weighted by Crippen LogP contribution is -2.42. The number of hydrogen-bond acceptors (Lipinski definition) is 4. The number of hydrogen-bond donors (Lipinski definition) is 1. The highest BCUT2D eigenvalue weighted by Gasteiger charge is 2.19. The van der Waals surface area contributed by atoms with Crippen LogP contribution in [0, 0.1) is 11.7 Å². The molecule has 1 heterocycles. The van der Waals surface area contributed by atoms with Crippen LogP contribution in [0.25, 0.3) is 0 Å². The van der Waals surface area contributed by atoms with Crippen LogP contribution in [-0.2, 0) is 6.54 Å². The maximum Gasteiger partial charge on any atom is 0.251 e. The summed E-state index contributed by atoms with van der Waals surface area (Å²) in [6.07, 6.45) is 3.21. The van der Waals surface area contributed by atoms with Gasteiger partial charge in [-0.25, -0.2) is 4.39 Å². The van der Waals surface area contributed by atoms with Crippen molar-refractivity contribution in [1.82, 2.24) is 20.3 Å². The average molecular weight is 368 g/mol. The molecular formula is C20H21FN4O2. The van der Waals surface area contributed by atoms with E-state index in [1.165, 1.54) is 24.3 Å². The highest BCUT2D eigenvalue weighted by atomic mass is 19.1. The predicted octanol–water partition coefficient (Wildman–Crippen LogP) is 3.66. The van der Waals surface area contributed by atoms with Gasteiger partial charge in [0.1, 0.15) is 17.3 Å². The normalized spacial score (nSPS) is 12.0. The molecule has 0 spiro atoms. The monoisotopic (exact) mass is 368 g/mol. The van der Waals surface area contributed by atoms with Gasteiger partial charge >= 0.3 is 0 Å². The molecule has 0 radical (unpaired) electrons. The molecule has 27 heavy (non-hydrogen) atoms. The summed E-state index contributed by atoms with van der Waals surface area (Å²) in [5.74, 6) is 0.675. The van der Waals surface area contributed by atoms with Crippen LogP contribution in [0.5, 0.6) is 11.5 Å². The largest absolute Gasteiger partial charge is 0.457 e. The van der Waals surface area contributed by atoms with E-state index < -0.39 is 0 Å². The highest BCUT2D eigenvalue weighted by Crippen LogP contribution is 2.22. The Morgan fingerprint density at radius 1 is 1.11 bits per heavy atom. The summed E-state index contributed by atoms with van der Waals surface area (Å²) in [5.41, 5.74) is 0.480. The Kier molecular flexibility index (Phi) is 5.80. The first kappa shape index (κ1) is 18.6. The molecule has 1 amide bonds. The van der Waals surface area contributed by atoms with E-state index in [2.05, 4.69) is 15.5 Å². The van der Waals surface area contributed by atoms with E-state index in [4.69, 9.17) is 4.74 Å². The lowest BCUT2D eigenvalue weighted by Gasteiger charge is -2.22. The molecule has 3 aromatic rings. The molecule has 0 unspecified atom stereocenters. The molecule has 2 aromatic carbocycles. The number of benzene rings is 2. The van der Waals surface area contributed by atoms with Crippen LogP contribution in [-0.4, -0.2) is 26.9 Å². The topological polar surface area (TPSA) is 69.0 Å². The number of carbonyl (C=O) groups is 1. The number of ether oxygens (including phenoxy) is 1. The van der Waals surface area contributed by atoms with Gasteiger partial charge in [-0.1, -0.05) is 19.9 Å². The Hall–Kier alpha value is -3.22. The van der Waals surface area contributed by atoms with Gasteiger partial charge in [-0.15, -0.1) is 0 Å². The predicted molar refractivity (Wildman–Crippen MR) is 99.0 cm³/mol. The van der Waals surface area contributed by atoms with Crippen LogP contribution >= 0.6 is 0 Å². The van der Waals surface area contributed by atoms with Crippen molar-refractivity contribution in [2.75, 3.05) is 0 Å². The van der Waals surface area contributed by atoms with E-state index in [0.29, 0.717) is 23.6 Å². The van der Waals surface area contributed by atoms with Gasteiger partial charge in [0.05, 0.1) is 25.0 Å². The number of nitrogens with zero attached hydrogens (tertiary/aromatic N) is 3. The Morgan fingerprint density at radius 3 is 2.48 bits per heavy atom. The number of amides is 1. The molecule has 0 fully saturated rings. The quantitative estimate of drug-likeness (QED) is 0.691. The molecule has 0 saturated carbocycles. The van der Waals surface area contributed by atoms with Gasteiger partial charge in [-0.3, -0.25) is 4.79 Å². The third-order valence-corrected chi connectivity index (χ3v) is 4.09. The van der Waals surface area contributed by atoms with Gasteiger partial charge in [0, 0.05) is 5.56 Å². The zero-order valence-electron chi connectivity index (χ0n) is 15.2. The first-order valence-corrected chi connectivity index (χ1v) is 8.70. The summed E-state index contributed by atoms with van der Waals surface area (Å²) in [6.45, 7) is 4.55. The van der Waals surface area contributed by atoms with Crippen molar-refractivity contribution >= 4 is 5.91 Å². The van der Waals surface area contributed by atoms with Gasteiger partial charge in [0.15, 0.2) is 0 Å². The van der Waals surface area contributed by atoms with Gasteiger partial charge in [-0.05, 0) is 48.4 Å². The maximum atomic E-state index is 13.0. The summed E-state index contributed by atoms with van der Waals surface area (Å²) < 4.78 is 18.7. The lowest BCUT2D eigenvalue weighted by molar-refractivity contribution is 0.0917. The van der Waals surface area contributed by atoms with E-state index in [-0.39, 0.29) is 23.7 Å². The van der Waals surface area contributed by atoms with Crippen molar-refractivity contribution in [3.05, 3.63) is 72.3 Å². The van der Waals surface area contributed by atoms with Crippen LogP contribution in [0.1, 0.15) is 24.2 Å². The van der Waals surface area contributed by atoms with Crippen LogP contribution in [0.4, 0.5) is 4.39 Å². The summed E-state index contributed by atoms with van der Waals surface area (Å²) in [7, 11) is 0. The summed E-state index contributed by atoms with van der Waals surface area (Å²) in [4.78, 5) is 14.2. The summed E-state index contributed by atoms with van der Waals surface area (Å²) >= 11 is 0. The first-order chi connectivity index (χ1) is 13.0. The summed E-state index contributed by atoms with van der Waals surface area (Å²) in [6, 6.07) is 12.5. The first-order valence-electron chi connectivity index (χ1n) is 8.70. The minimum Gasteiger partial charge on any atom is -0.457 e. The standard InChI is InChI=1S/C20H21FN4O2/c1-14(2)19(13-25-22-10-11-23-25)24-20(26)15-4-3-5-18(12-15)27-17-8-6-16(21)7-9-17/h3-12,14,19H,13H2,1-2H3,(H,24,26)/t19-/m0/s1. The fourth-order valence-electron chi connectivity index (χ4n) is 2.53. The Labute approximate surface area is 157 Å². The third-order valence-electron chi connectivity index (χ3n) is 4.09. The van der Waals surface area contributed by atoms with Crippen molar-refractivity contribution in [3.8, 4) is 11.5 Å². The fraction of sp³-hybridized carbons (Fsp3) is 0.250. The van der Waals surface area contributed by atoms with Crippen LogP contribution in [0.3, 0.4) is 0 Å². The Balaban J connectivity index is 1.69. The molecule has 140 valence electrons. The minimum atomic E-state index is -0.332. The molecule has 0 aliphatic rings. The lowest BCUT2D eigenvalue weighted by atomic mass is 10.0. The molecule has 1 aromatic heterocycles. The van der Waals surface area contributed by atoms with Crippen LogP contribution < -0.4 is 10.1 Å². The number of rotatable bonds is 7. The van der Waals surface area contributed by atoms with Crippen molar-refractivity contribution < 1.29 is 13.9 Å². The number of aromatic nitrogens is 3. The zero-order chi connectivity index (χ0) is 19.2. The Bertz CT molecular complexity index is 879. The molecule has 7 heteroatoms. The highest BCUT2D eigenvalue weighted by molar-refractivity contribution is 5.94. The van der Waals surface area contributed by atoms with Crippen molar-refractivity contribution in [2.24, 2.45) is 5.92 Å². The van der Waals surface area contributed by atoms with Gasteiger partial charge < -0.3 is 10.1 Å². The number of halogens is 1. The van der Waals surface area contributed by atoms with E-state index in [9.17, 15) is 9.18 Å². The summed E-state index contributed by atoms with van der Waals surface area (Å²) in [5, 5.41) is 11.2. The van der Waals surface area contributed by atoms with Crippen molar-refractivity contribution in [2.45, 2.75) is 26.4 Å². The molecule has 6 nitrogen and oxygen atoms in total. The molecule has 0 saturated heterocycles. The SMILES string of the molecule is CC(C)[C@H](Cn1nccn1)NC(=O)c1cccc(Oc2ccc(F)cc2)c1. The third kappa shape index (κ3) is 5.13. The smallest absolute Gasteiger partial charge is 0.251 e.